The highest BCUT2D eigenvalue weighted by Crippen LogP contribution is 2.17. The van der Waals surface area contributed by atoms with Gasteiger partial charge in [-0.25, -0.2) is 9.97 Å². The van der Waals surface area contributed by atoms with E-state index in [9.17, 15) is 0 Å². The highest BCUT2D eigenvalue weighted by molar-refractivity contribution is 5.51. The number of nitrogens with one attached hydrogen (secondary N) is 1. The van der Waals surface area contributed by atoms with Crippen LogP contribution < -0.4 is 5.32 Å². The predicted octanol–water partition coefficient (Wildman–Crippen LogP) is 2.76. The summed E-state index contributed by atoms with van der Waals surface area (Å²) in [5.74, 6) is 1.57. The van der Waals surface area contributed by atoms with Gasteiger partial charge in [0, 0.05) is 17.0 Å². The van der Waals surface area contributed by atoms with Crippen molar-refractivity contribution in [1.82, 2.24) is 20.2 Å². The van der Waals surface area contributed by atoms with Crippen LogP contribution in [0.3, 0.4) is 0 Å². The molecule has 0 spiro atoms. The Morgan fingerprint density at radius 2 is 1.71 bits per heavy atom. The molecule has 106 valence electrons. The van der Waals surface area contributed by atoms with Crippen molar-refractivity contribution in [3.63, 3.8) is 0 Å². The topological polar surface area (TPSA) is 76.7 Å². The van der Waals surface area contributed by atoms with Crippen LogP contribution in [0.25, 0.3) is 11.5 Å². The summed E-state index contributed by atoms with van der Waals surface area (Å²) in [7, 11) is 0. The van der Waals surface area contributed by atoms with Crippen molar-refractivity contribution in [2.24, 2.45) is 0 Å². The number of hydrogen-bond donors (Lipinski definition) is 1. The summed E-state index contributed by atoms with van der Waals surface area (Å²) < 4.78 is 5.61. The lowest BCUT2D eigenvalue weighted by atomic mass is 10.2. The fourth-order valence-electron chi connectivity index (χ4n) is 1.98. The average molecular weight is 281 g/mol. The lowest BCUT2D eigenvalue weighted by Crippen LogP contribution is -2.05. The molecule has 0 atom stereocenters. The average Bonchev–Trinajstić information content (AvgIpc) is 2.94. The van der Waals surface area contributed by atoms with Gasteiger partial charge in [-0.15, -0.1) is 10.2 Å². The molecule has 21 heavy (non-hydrogen) atoms. The van der Waals surface area contributed by atoms with Crippen molar-refractivity contribution in [2.75, 3.05) is 5.32 Å². The number of nitrogens with zero attached hydrogens (tertiary/aromatic N) is 4. The van der Waals surface area contributed by atoms with Crippen molar-refractivity contribution in [3.8, 4) is 11.5 Å². The quantitative estimate of drug-likeness (QED) is 0.792. The van der Waals surface area contributed by atoms with Crippen LogP contribution in [-0.2, 0) is 6.54 Å². The summed E-state index contributed by atoms with van der Waals surface area (Å²) in [6, 6.07) is 11.6. The van der Waals surface area contributed by atoms with Crippen LogP contribution in [0.2, 0.25) is 0 Å². The number of anilines is 1. The molecule has 0 saturated heterocycles. The van der Waals surface area contributed by atoms with Gasteiger partial charge in [0.25, 0.3) is 0 Å². The second-order valence-electron chi connectivity index (χ2n) is 4.69. The van der Waals surface area contributed by atoms with Crippen LogP contribution in [0.1, 0.15) is 17.3 Å². The maximum atomic E-state index is 5.61. The molecule has 1 aromatic carbocycles. The fraction of sp³-hybridized carbons (Fsp3) is 0.200. The third-order valence-electron chi connectivity index (χ3n) is 2.87. The van der Waals surface area contributed by atoms with Crippen LogP contribution >= 0.6 is 0 Å². The predicted molar refractivity (Wildman–Crippen MR) is 78.6 cm³/mol. The third-order valence-corrected chi connectivity index (χ3v) is 2.87. The second-order valence-corrected chi connectivity index (χ2v) is 4.69. The highest BCUT2D eigenvalue weighted by atomic mass is 16.4. The van der Waals surface area contributed by atoms with Crippen molar-refractivity contribution >= 4 is 5.95 Å². The van der Waals surface area contributed by atoms with Crippen molar-refractivity contribution < 1.29 is 4.42 Å². The number of rotatable bonds is 4. The molecule has 0 fully saturated rings. The van der Waals surface area contributed by atoms with Crippen LogP contribution in [0.4, 0.5) is 5.95 Å². The molecule has 0 saturated carbocycles. The van der Waals surface area contributed by atoms with E-state index in [1.165, 1.54) is 0 Å². The first-order valence-electron chi connectivity index (χ1n) is 6.65. The van der Waals surface area contributed by atoms with Crippen LogP contribution in [0.5, 0.6) is 0 Å². The zero-order valence-electron chi connectivity index (χ0n) is 11.9. The van der Waals surface area contributed by atoms with Gasteiger partial charge < -0.3 is 9.73 Å². The molecular formula is C15H15N5O. The minimum atomic E-state index is 0.392. The maximum absolute atomic E-state index is 5.61. The number of aryl methyl sites for hydroxylation is 2. The van der Waals surface area contributed by atoms with Gasteiger partial charge in [-0.1, -0.05) is 18.2 Å². The largest absolute Gasteiger partial charge is 0.419 e. The van der Waals surface area contributed by atoms with Crippen molar-refractivity contribution in [1.29, 1.82) is 0 Å². The molecule has 3 aromatic rings. The number of hydrogen-bond acceptors (Lipinski definition) is 6. The summed E-state index contributed by atoms with van der Waals surface area (Å²) >= 11 is 0. The van der Waals surface area contributed by atoms with Gasteiger partial charge >= 0.3 is 0 Å². The maximum Gasteiger partial charge on any atom is 0.247 e. The SMILES string of the molecule is Cc1cc(C)nc(NCc2nnc(-c3ccccc3)o2)n1. The minimum Gasteiger partial charge on any atom is -0.419 e. The van der Waals surface area contributed by atoms with E-state index in [1.807, 2.05) is 50.2 Å². The van der Waals surface area contributed by atoms with E-state index in [4.69, 9.17) is 4.42 Å². The van der Waals surface area contributed by atoms with Gasteiger partial charge in [-0.3, -0.25) is 0 Å². The summed E-state index contributed by atoms with van der Waals surface area (Å²) in [5.41, 5.74) is 2.74. The van der Waals surface area contributed by atoms with Gasteiger partial charge in [-0.2, -0.15) is 0 Å². The molecule has 0 aliphatic rings. The lowest BCUT2D eigenvalue weighted by molar-refractivity contribution is 0.514. The first-order chi connectivity index (χ1) is 10.2. The van der Waals surface area contributed by atoms with Crippen molar-refractivity contribution in [2.45, 2.75) is 20.4 Å². The molecule has 0 unspecified atom stereocenters. The first kappa shape index (κ1) is 13.2. The molecule has 2 aromatic heterocycles. The van der Waals surface area contributed by atoms with E-state index in [0.29, 0.717) is 24.3 Å². The zero-order chi connectivity index (χ0) is 14.7. The van der Waals surface area contributed by atoms with Crippen molar-refractivity contribution in [3.05, 3.63) is 53.7 Å². The smallest absolute Gasteiger partial charge is 0.247 e. The Bertz CT molecular complexity index is 719. The molecule has 0 amide bonds. The molecule has 6 heteroatoms. The Morgan fingerprint density at radius 3 is 2.43 bits per heavy atom. The standard InChI is InChI=1S/C15H15N5O/c1-10-8-11(2)18-15(17-10)16-9-13-19-20-14(21-13)12-6-4-3-5-7-12/h3-8H,9H2,1-2H3,(H,16,17,18). The molecule has 2 heterocycles. The summed E-state index contributed by atoms with van der Waals surface area (Å²) in [6.45, 7) is 4.25. The number of aromatic nitrogens is 4. The molecule has 0 aliphatic carbocycles. The molecule has 0 radical (unpaired) electrons. The first-order valence-corrected chi connectivity index (χ1v) is 6.65. The van der Waals surface area contributed by atoms with Gasteiger partial charge in [-0.05, 0) is 32.0 Å². The Balaban J connectivity index is 1.70. The molecule has 3 rings (SSSR count). The Morgan fingerprint density at radius 1 is 1.00 bits per heavy atom. The molecule has 6 nitrogen and oxygen atoms in total. The molecule has 1 N–H and O–H groups in total. The van der Waals surface area contributed by atoms with E-state index >= 15 is 0 Å². The zero-order valence-corrected chi connectivity index (χ0v) is 11.9. The van der Waals surface area contributed by atoms with Gasteiger partial charge in [0.15, 0.2) is 0 Å². The molecule has 0 bridgehead atoms. The van der Waals surface area contributed by atoms with Crippen LogP contribution in [-0.4, -0.2) is 20.2 Å². The summed E-state index contributed by atoms with van der Waals surface area (Å²) in [5, 5.41) is 11.1. The van der Waals surface area contributed by atoms with E-state index in [2.05, 4.69) is 25.5 Å². The van der Waals surface area contributed by atoms with E-state index in [-0.39, 0.29) is 0 Å². The molecule has 0 aliphatic heterocycles. The normalized spacial score (nSPS) is 10.6. The second kappa shape index (κ2) is 5.70. The third kappa shape index (κ3) is 3.22. The van der Waals surface area contributed by atoms with Crippen LogP contribution in [0.15, 0.2) is 40.8 Å². The van der Waals surface area contributed by atoms with E-state index in [0.717, 1.165) is 17.0 Å². The minimum absolute atomic E-state index is 0.392. The Kier molecular flexibility index (Phi) is 3.59. The van der Waals surface area contributed by atoms with Gasteiger partial charge in [0.2, 0.25) is 17.7 Å². The molecular weight excluding hydrogens is 266 g/mol. The summed E-state index contributed by atoms with van der Waals surface area (Å²) in [4.78, 5) is 8.60. The van der Waals surface area contributed by atoms with Gasteiger partial charge in [0.05, 0.1) is 6.54 Å². The van der Waals surface area contributed by atoms with E-state index in [1.54, 1.807) is 0 Å². The monoisotopic (exact) mass is 281 g/mol. The number of benzene rings is 1. The lowest BCUT2D eigenvalue weighted by Gasteiger charge is -2.03. The Hall–Kier alpha value is -2.76. The van der Waals surface area contributed by atoms with E-state index < -0.39 is 0 Å². The fourth-order valence-corrected chi connectivity index (χ4v) is 1.98. The van der Waals surface area contributed by atoms with Gasteiger partial charge in [0.1, 0.15) is 0 Å². The van der Waals surface area contributed by atoms with Crippen LogP contribution in [0, 0.1) is 13.8 Å². The highest BCUT2D eigenvalue weighted by Gasteiger charge is 2.08. The Labute approximate surface area is 122 Å². The summed E-state index contributed by atoms with van der Waals surface area (Å²) in [6.07, 6.45) is 0.